The molecular formula is C14H15N3O2. The molecule has 5 heteroatoms. The summed E-state index contributed by atoms with van der Waals surface area (Å²) in [6, 6.07) is 12.8. The van der Waals surface area contributed by atoms with E-state index in [0.717, 1.165) is 11.3 Å². The molecule has 5 nitrogen and oxygen atoms in total. The first-order valence-electron chi connectivity index (χ1n) is 6.02. The molecule has 1 aromatic heterocycles. The molecule has 0 aliphatic carbocycles. The number of nitrogens with one attached hydrogen (secondary N) is 1. The highest BCUT2D eigenvalue weighted by Gasteiger charge is 2.18. The summed E-state index contributed by atoms with van der Waals surface area (Å²) >= 11 is 0. The predicted molar refractivity (Wildman–Crippen MR) is 70.6 cm³/mol. The van der Waals surface area contributed by atoms with Crippen molar-refractivity contribution < 1.29 is 9.90 Å². The van der Waals surface area contributed by atoms with Gasteiger partial charge in [-0.25, -0.2) is 0 Å². The highest BCUT2D eigenvalue weighted by Crippen LogP contribution is 2.14. The molecule has 0 saturated heterocycles. The molecule has 2 rings (SSSR count). The lowest BCUT2D eigenvalue weighted by atomic mass is 9.99. The number of aromatic nitrogens is 2. The van der Waals surface area contributed by atoms with Crippen LogP contribution < -0.4 is 5.32 Å². The summed E-state index contributed by atoms with van der Waals surface area (Å²) in [6.45, 7) is 0.861. The number of benzene rings is 1. The fourth-order valence-corrected chi connectivity index (χ4v) is 1.81. The highest BCUT2D eigenvalue weighted by atomic mass is 16.4. The van der Waals surface area contributed by atoms with Crippen LogP contribution in [-0.2, 0) is 11.3 Å². The van der Waals surface area contributed by atoms with Crippen LogP contribution in [0.3, 0.4) is 0 Å². The Kier molecular flexibility index (Phi) is 4.58. The van der Waals surface area contributed by atoms with Crippen molar-refractivity contribution >= 4 is 5.97 Å². The maximum Gasteiger partial charge on any atom is 0.312 e. The number of rotatable bonds is 6. The Bertz CT molecular complexity index is 517. The molecule has 98 valence electrons. The zero-order valence-electron chi connectivity index (χ0n) is 10.4. The van der Waals surface area contributed by atoms with Crippen LogP contribution in [0.5, 0.6) is 0 Å². The molecule has 0 fully saturated rings. The lowest BCUT2D eigenvalue weighted by Crippen LogP contribution is -2.26. The zero-order chi connectivity index (χ0) is 13.5. The fraction of sp³-hybridized carbons (Fsp3) is 0.214. The van der Waals surface area contributed by atoms with E-state index in [-0.39, 0.29) is 0 Å². The van der Waals surface area contributed by atoms with Crippen molar-refractivity contribution in [2.75, 3.05) is 6.54 Å². The monoisotopic (exact) mass is 257 g/mol. The molecule has 0 amide bonds. The minimum Gasteiger partial charge on any atom is -0.481 e. The van der Waals surface area contributed by atoms with Gasteiger partial charge in [-0.1, -0.05) is 30.3 Å². The Balaban J connectivity index is 1.94. The van der Waals surface area contributed by atoms with Gasteiger partial charge in [-0.05, 0) is 17.7 Å². The van der Waals surface area contributed by atoms with E-state index in [1.807, 2.05) is 36.4 Å². The number of nitrogens with zero attached hydrogens (tertiary/aromatic N) is 2. The topological polar surface area (TPSA) is 75.1 Å². The number of carbonyl (C=O) groups is 1. The van der Waals surface area contributed by atoms with Crippen molar-refractivity contribution in [1.82, 2.24) is 15.5 Å². The molecule has 0 aliphatic rings. The van der Waals surface area contributed by atoms with E-state index in [0.29, 0.717) is 13.1 Å². The van der Waals surface area contributed by atoms with E-state index < -0.39 is 11.9 Å². The summed E-state index contributed by atoms with van der Waals surface area (Å²) in [4.78, 5) is 11.3. The van der Waals surface area contributed by atoms with E-state index in [4.69, 9.17) is 0 Å². The summed E-state index contributed by atoms with van der Waals surface area (Å²) in [5, 5.41) is 20.1. The van der Waals surface area contributed by atoms with E-state index in [2.05, 4.69) is 15.5 Å². The maximum atomic E-state index is 11.3. The zero-order valence-corrected chi connectivity index (χ0v) is 10.4. The molecule has 2 aromatic rings. The number of hydrogen-bond acceptors (Lipinski definition) is 4. The molecule has 0 aliphatic heterocycles. The molecule has 1 aromatic carbocycles. The minimum absolute atomic E-state index is 0.357. The van der Waals surface area contributed by atoms with Crippen LogP contribution in [-0.4, -0.2) is 27.8 Å². The average Bonchev–Trinajstić information content (AvgIpc) is 2.45. The molecule has 1 atom stereocenters. The standard InChI is InChI=1S/C14H15N3O2/c18-14(19)13(11-5-2-1-3-6-11)10-15-9-12-7-4-8-16-17-12/h1-8,13,15H,9-10H2,(H,18,19). The van der Waals surface area contributed by atoms with E-state index in [9.17, 15) is 9.90 Å². The van der Waals surface area contributed by atoms with E-state index in [1.54, 1.807) is 12.3 Å². The maximum absolute atomic E-state index is 11.3. The lowest BCUT2D eigenvalue weighted by molar-refractivity contribution is -0.138. The summed E-state index contributed by atoms with van der Waals surface area (Å²) < 4.78 is 0. The average molecular weight is 257 g/mol. The summed E-state index contributed by atoms with van der Waals surface area (Å²) in [5.74, 6) is -1.39. The van der Waals surface area contributed by atoms with Crippen LogP contribution in [0, 0.1) is 0 Å². The van der Waals surface area contributed by atoms with Gasteiger partial charge in [0, 0.05) is 19.3 Å². The van der Waals surface area contributed by atoms with Crippen molar-refractivity contribution in [3.05, 3.63) is 59.9 Å². The quantitative estimate of drug-likeness (QED) is 0.819. The van der Waals surface area contributed by atoms with Crippen LogP contribution >= 0.6 is 0 Å². The largest absolute Gasteiger partial charge is 0.481 e. The van der Waals surface area contributed by atoms with Gasteiger partial charge in [0.25, 0.3) is 0 Å². The third-order valence-electron chi connectivity index (χ3n) is 2.78. The van der Waals surface area contributed by atoms with Gasteiger partial charge in [-0.3, -0.25) is 4.79 Å². The Morgan fingerprint density at radius 2 is 2.00 bits per heavy atom. The molecule has 1 heterocycles. The van der Waals surface area contributed by atoms with Gasteiger partial charge >= 0.3 is 5.97 Å². The van der Waals surface area contributed by atoms with Gasteiger partial charge in [0.05, 0.1) is 11.6 Å². The van der Waals surface area contributed by atoms with Gasteiger partial charge in [0.15, 0.2) is 0 Å². The molecule has 2 N–H and O–H groups in total. The molecule has 0 spiro atoms. The first kappa shape index (κ1) is 13.2. The van der Waals surface area contributed by atoms with Crippen LogP contribution in [0.15, 0.2) is 48.7 Å². The molecule has 1 unspecified atom stereocenters. The molecular weight excluding hydrogens is 242 g/mol. The second-order valence-electron chi connectivity index (χ2n) is 4.15. The summed E-state index contributed by atoms with van der Waals surface area (Å²) in [7, 11) is 0. The smallest absolute Gasteiger partial charge is 0.312 e. The van der Waals surface area contributed by atoms with E-state index >= 15 is 0 Å². The number of carboxylic acids is 1. The third-order valence-corrected chi connectivity index (χ3v) is 2.78. The fourth-order valence-electron chi connectivity index (χ4n) is 1.81. The molecule has 0 saturated carbocycles. The Hall–Kier alpha value is -2.27. The van der Waals surface area contributed by atoms with Crippen molar-refractivity contribution in [2.24, 2.45) is 0 Å². The lowest BCUT2D eigenvalue weighted by Gasteiger charge is -2.13. The van der Waals surface area contributed by atoms with Crippen molar-refractivity contribution in [3.8, 4) is 0 Å². The van der Waals surface area contributed by atoms with Gasteiger partial charge in [0.2, 0.25) is 0 Å². The van der Waals surface area contributed by atoms with Crippen molar-refractivity contribution in [2.45, 2.75) is 12.5 Å². The molecule has 0 bridgehead atoms. The summed E-state index contributed by atoms with van der Waals surface area (Å²) in [6.07, 6.45) is 1.60. The Morgan fingerprint density at radius 3 is 2.63 bits per heavy atom. The Morgan fingerprint density at radius 1 is 1.21 bits per heavy atom. The summed E-state index contributed by atoms with van der Waals surface area (Å²) in [5.41, 5.74) is 1.58. The van der Waals surface area contributed by atoms with Gasteiger partial charge < -0.3 is 10.4 Å². The van der Waals surface area contributed by atoms with Crippen LogP contribution in [0.4, 0.5) is 0 Å². The highest BCUT2D eigenvalue weighted by molar-refractivity contribution is 5.76. The Labute approximate surface area is 111 Å². The van der Waals surface area contributed by atoms with Crippen molar-refractivity contribution in [1.29, 1.82) is 0 Å². The van der Waals surface area contributed by atoms with Crippen LogP contribution in [0.25, 0.3) is 0 Å². The predicted octanol–water partition coefficient (Wildman–Crippen LogP) is 1.43. The van der Waals surface area contributed by atoms with Gasteiger partial charge in [0.1, 0.15) is 0 Å². The van der Waals surface area contributed by atoms with Crippen LogP contribution in [0.2, 0.25) is 0 Å². The first-order chi connectivity index (χ1) is 9.27. The third kappa shape index (κ3) is 3.86. The molecule has 0 radical (unpaired) electrons. The molecule has 19 heavy (non-hydrogen) atoms. The normalized spacial score (nSPS) is 12.0. The van der Waals surface area contributed by atoms with Gasteiger partial charge in [-0.15, -0.1) is 0 Å². The number of aliphatic carboxylic acids is 1. The minimum atomic E-state index is -0.835. The van der Waals surface area contributed by atoms with Gasteiger partial charge in [-0.2, -0.15) is 10.2 Å². The van der Waals surface area contributed by atoms with Crippen molar-refractivity contribution in [3.63, 3.8) is 0 Å². The van der Waals surface area contributed by atoms with E-state index in [1.165, 1.54) is 0 Å². The second-order valence-corrected chi connectivity index (χ2v) is 4.15. The number of hydrogen-bond donors (Lipinski definition) is 2. The SMILES string of the molecule is O=C(O)C(CNCc1cccnn1)c1ccccc1. The van der Waals surface area contributed by atoms with Crippen LogP contribution in [0.1, 0.15) is 17.2 Å². The first-order valence-corrected chi connectivity index (χ1v) is 6.02. The second kappa shape index (κ2) is 6.61. The number of carboxylic acid groups (broad SMARTS) is 1.